The van der Waals surface area contributed by atoms with E-state index in [9.17, 15) is 10.1 Å². The van der Waals surface area contributed by atoms with Gasteiger partial charge in [0.1, 0.15) is 11.6 Å². The molecule has 7 heteroatoms. The molecule has 1 unspecified atom stereocenters. The molecule has 6 nitrogen and oxygen atoms in total. The molecule has 29 heavy (non-hydrogen) atoms. The molecule has 0 saturated carbocycles. The first-order valence-electron chi connectivity index (χ1n) is 8.97. The van der Waals surface area contributed by atoms with E-state index in [1.54, 1.807) is 26.4 Å². The molecule has 0 spiro atoms. The van der Waals surface area contributed by atoms with E-state index in [-0.39, 0.29) is 11.6 Å². The Balaban J connectivity index is 2.16. The van der Waals surface area contributed by atoms with E-state index >= 15 is 0 Å². The first-order valence-corrected chi connectivity index (χ1v) is 9.34. The third-order valence-electron chi connectivity index (χ3n) is 4.41. The smallest absolute Gasteiger partial charge is 0.263 e. The van der Waals surface area contributed by atoms with Crippen LogP contribution in [0, 0.1) is 25.2 Å². The summed E-state index contributed by atoms with van der Waals surface area (Å²) in [6, 6.07) is 10.7. The van der Waals surface area contributed by atoms with Crippen LogP contribution in [0.4, 0.5) is 5.69 Å². The number of anilines is 1. The van der Waals surface area contributed by atoms with Gasteiger partial charge in [-0.25, -0.2) is 0 Å². The maximum Gasteiger partial charge on any atom is 0.263 e. The summed E-state index contributed by atoms with van der Waals surface area (Å²) in [6.07, 6.45) is 1.36. The van der Waals surface area contributed by atoms with Gasteiger partial charge in [-0.05, 0) is 55.7 Å². The zero-order valence-electron chi connectivity index (χ0n) is 17.1. The quantitative estimate of drug-likeness (QED) is 0.509. The van der Waals surface area contributed by atoms with Crippen LogP contribution in [-0.2, 0) is 4.79 Å². The molecule has 0 aliphatic rings. The first kappa shape index (κ1) is 22.1. The summed E-state index contributed by atoms with van der Waals surface area (Å²) in [4.78, 5) is 12.5. The van der Waals surface area contributed by atoms with Crippen molar-refractivity contribution in [1.82, 2.24) is 5.32 Å². The standard InChI is InChI=1S/C22H24ClN3O3/c1-13-8-14(2)21(18(23)9-13)25-12-17(11-24)22(27)26-15(3)16-6-7-19(28-4)20(10-16)29-5/h6-10,12,15,25H,1-5H3,(H,26,27)/b17-12-. The second kappa shape index (κ2) is 9.85. The van der Waals surface area contributed by atoms with Gasteiger partial charge < -0.3 is 20.1 Å². The first-order chi connectivity index (χ1) is 13.8. The van der Waals surface area contributed by atoms with E-state index in [1.165, 1.54) is 6.20 Å². The van der Waals surface area contributed by atoms with E-state index in [2.05, 4.69) is 10.6 Å². The van der Waals surface area contributed by atoms with Gasteiger partial charge in [0.05, 0.1) is 31.0 Å². The predicted molar refractivity (Wildman–Crippen MR) is 114 cm³/mol. The lowest BCUT2D eigenvalue weighted by Crippen LogP contribution is -2.28. The van der Waals surface area contributed by atoms with Gasteiger partial charge in [0.2, 0.25) is 0 Å². The summed E-state index contributed by atoms with van der Waals surface area (Å²) in [5.74, 6) is 0.665. The number of ether oxygens (including phenoxy) is 2. The SMILES string of the molecule is COc1ccc(C(C)NC(=O)/C(C#N)=C\Nc2c(C)cc(C)cc2Cl)cc1OC. The van der Waals surface area contributed by atoms with Crippen LogP contribution in [0.3, 0.4) is 0 Å². The van der Waals surface area contributed by atoms with Gasteiger partial charge in [-0.2, -0.15) is 5.26 Å². The summed E-state index contributed by atoms with van der Waals surface area (Å²) in [5, 5.41) is 15.7. The molecule has 0 saturated heterocycles. The fraction of sp³-hybridized carbons (Fsp3) is 0.273. The minimum Gasteiger partial charge on any atom is -0.493 e. The van der Waals surface area contributed by atoms with Crippen LogP contribution < -0.4 is 20.1 Å². The van der Waals surface area contributed by atoms with Crippen molar-refractivity contribution in [1.29, 1.82) is 5.26 Å². The Kier molecular flexibility index (Phi) is 7.52. The van der Waals surface area contributed by atoms with Crippen molar-refractivity contribution in [3.8, 4) is 17.6 Å². The number of halogens is 1. The summed E-state index contributed by atoms with van der Waals surface area (Å²) < 4.78 is 10.5. The topological polar surface area (TPSA) is 83.4 Å². The molecule has 2 N–H and O–H groups in total. The minimum atomic E-state index is -0.497. The lowest BCUT2D eigenvalue weighted by molar-refractivity contribution is -0.117. The van der Waals surface area contributed by atoms with Gasteiger partial charge in [-0.3, -0.25) is 4.79 Å². The minimum absolute atomic E-state index is 0.0617. The van der Waals surface area contributed by atoms with Gasteiger partial charge in [-0.15, -0.1) is 0 Å². The molecule has 2 rings (SSSR count). The Labute approximate surface area is 176 Å². The van der Waals surface area contributed by atoms with E-state index in [1.807, 2.05) is 45.0 Å². The highest BCUT2D eigenvalue weighted by molar-refractivity contribution is 6.33. The molecule has 0 aliphatic heterocycles. The number of nitrogens with zero attached hydrogens (tertiary/aromatic N) is 1. The summed E-state index contributed by atoms with van der Waals surface area (Å²) >= 11 is 6.26. The average molecular weight is 414 g/mol. The maximum absolute atomic E-state index is 12.5. The van der Waals surface area contributed by atoms with Crippen LogP contribution in [0.15, 0.2) is 42.1 Å². The fourth-order valence-corrected chi connectivity index (χ4v) is 3.25. The number of nitrogens with one attached hydrogen (secondary N) is 2. The molecule has 152 valence electrons. The number of aryl methyl sites for hydroxylation is 2. The molecule has 2 aromatic rings. The zero-order valence-corrected chi connectivity index (χ0v) is 17.8. The molecule has 1 amide bonds. The second-order valence-corrected chi connectivity index (χ2v) is 6.97. The van der Waals surface area contributed by atoms with Crippen LogP contribution in [-0.4, -0.2) is 20.1 Å². The molecule has 2 aromatic carbocycles. The third-order valence-corrected chi connectivity index (χ3v) is 4.71. The van der Waals surface area contributed by atoms with Gasteiger partial charge in [0.25, 0.3) is 5.91 Å². The number of carbonyl (C=O) groups is 1. The Morgan fingerprint density at radius 1 is 1.17 bits per heavy atom. The number of methoxy groups -OCH3 is 2. The van der Waals surface area contributed by atoms with Crippen LogP contribution in [0.25, 0.3) is 0 Å². The average Bonchev–Trinajstić information content (AvgIpc) is 2.69. The molecular weight excluding hydrogens is 390 g/mol. The molecule has 0 aliphatic carbocycles. The Morgan fingerprint density at radius 3 is 2.45 bits per heavy atom. The van der Waals surface area contributed by atoms with Gasteiger partial charge in [0, 0.05) is 6.20 Å². The number of benzene rings is 2. The molecule has 0 radical (unpaired) electrons. The van der Waals surface area contributed by atoms with E-state index < -0.39 is 5.91 Å². The molecule has 0 bridgehead atoms. The number of carbonyl (C=O) groups excluding carboxylic acids is 1. The van der Waals surface area contributed by atoms with E-state index in [0.717, 1.165) is 16.7 Å². The van der Waals surface area contributed by atoms with Crippen molar-refractivity contribution >= 4 is 23.2 Å². The monoisotopic (exact) mass is 413 g/mol. The number of rotatable bonds is 7. The van der Waals surface area contributed by atoms with Crippen LogP contribution in [0.5, 0.6) is 11.5 Å². The molecular formula is C22H24ClN3O3. The van der Waals surface area contributed by atoms with Crippen molar-refractivity contribution in [2.24, 2.45) is 0 Å². The lowest BCUT2D eigenvalue weighted by atomic mass is 10.1. The lowest BCUT2D eigenvalue weighted by Gasteiger charge is -2.16. The number of nitriles is 1. The summed E-state index contributed by atoms with van der Waals surface area (Å²) in [5.41, 5.74) is 3.37. The van der Waals surface area contributed by atoms with Crippen LogP contribution in [0.2, 0.25) is 5.02 Å². The molecule has 0 aromatic heterocycles. The van der Waals surface area contributed by atoms with Crippen molar-refractivity contribution in [3.63, 3.8) is 0 Å². The van der Waals surface area contributed by atoms with Crippen molar-refractivity contribution in [2.75, 3.05) is 19.5 Å². The molecule has 0 heterocycles. The van der Waals surface area contributed by atoms with E-state index in [4.69, 9.17) is 21.1 Å². The predicted octanol–water partition coefficient (Wildman–Crippen LogP) is 4.67. The van der Waals surface area contributed by atoms with Crippen molar-refractivity contribution in [3.05, 3.63) is 63.8 Å². The van der Waals surface area contributed by atoms with E-state index in [0.29, 0.717) is 22.2 Å². The van der Waals surface area contributed by atoms with Gasteiger partial charge in [-0.1, -0.05) is 23.7 Å². The maximum atomic E-state index is 12.5. The fourth-order valence-electron chi connectivity index (χ4n) is 2.87. The van der Waals surface area contributed by atoms with Gasteiger partial charge >= 0.3 is 0 Å². The van der Waals surface area contributed by atoms with Crippen molar-refractivity contribution in [2.45, 2.75) is 26.8 Å². The number of hydrogen-bond acceptors (Lipinski definition) is 5. The second-order valence-electron chi connectivity index (χ2n) is 6.56. The zero-order chi connectivity index (χ0) is 21.6. The molecule has 1 atom stereocenters. The highest BCUT2D eigenvalue weighted by Crippen LogP contribution is 2.30. The third kappa shape index (κ3) is 5.43. The summed E-state index contributed by atoms with van der Waals surface area (Å²) in [7, 11) is 3.10. The summed E-state index contributed by atoms with van der Waals surface area (Å²) in [6.45, 7) is 5.67. The number of amides is 1. The Morgan fingerprint density at radius 2 is 1.86 bits per heavy atom. The van der Waals surface area contributed by atoms with Crippen molar-refractivity contribution < 1.29 is 14.3 Å². The highest BCUT2D eigenvalue weighted by atomic mass is 35.5. The Bertz CT molecular complexity index is 957. The largest absolute Gasteiger partial charge is 0.493 e. The highest BCUT2D eigenvalue weighted by Gasteiger charge is 2.16. The normalized spacial score (nSPS) is 12.0. The van der Waals surface area contributed by atoms with Gasteiger partial charge in [0.15, 0.2) is 11.5 Å². The van der Waals surface area contributed by atoms with Crippen LogP contribution in [0.1, 0.15) is 29.7 Å². The number of hydrogen-bond donors (Lipinski definition) is 2. The molecule has 0 fully saturated rings. The van der Waals surface area contributed by atoms with Crippen LogP contribution >= 0.6 is 11.6 Å². The Hall–Kier alpha value is -3.17.